The molecular formula is C14H20N2O3. The summed E-state index contributed by atoms with van der Waals surface area (Å²) in [6.07, 6.45) is 3.49. The SMILES string of the molecule is C=CCN(CC=C)Cc1c(O)c(=O)cc(CO)n1C. The van der Waals surface area contributed by atoms with Gasteiger partial charge in [0.05, 0.1) is 12.3 Å². The van der Waals surface area contributed by atoms with Crippen LogP contribution in [0.1, 0.15) is 11.4 Å². The van der Waals surface area contributed by atoms with Gasteiger partial charge in [0.1, 0.15) is 0 Å². The van der Waals surface area contributed by atoms with Crippen molar-refractivity contribution in [1.29, 1.82) is 0 Å². The Hall–Kier alpha value is -1.85. The summed E-state index contributed by atoms with van der Waals surface area (Å²) < 4.78 is 1.63. The second-order valence-electron chi connectivity index (χ2n) is 4.28. The van der Waals surface area contributed by atoms with Crippen LogP contribution in [0.4, 0.5) is 0 Å². The van der Waals surface area contributed by atoms with Crippen LogP contribution in [0.2, 0.25) is 0 Å². The van der Waals surface area contributed by atoms with Gasteiger partial charge in [0, 0.05) is 38.4 Å². The highest BCUT2D eigenvalue weighted by Gasteiger charge is 2.14. The molecule has 1 heterocycles. The first-order valence-corrected chi connectivity index (χ1v) is 6.00. The Bertz CT molecular complexity index is 510. The van der Waals surface area contributed by atoms with Crippen LogP contribution in [0.3, 0.4) is 0 Å². The molecule has 19 heavy (non-hydrogen) atoms. The highest BCUT2D eigenvalue weighted by molar-refractivity contribution is 5.29. The predicted octanol–water partition coefficient (Wildman–Crippen LogP) is 0.757. The van der Waals surface area contributed by atoms with Crippen molar-refractivity contribution in [3.8, 4) is 5.75 Å². The lowest BCUT2D eigenvalue weighted by Crippen LogP contribution is -2.27. The Balaban J connectivity index is 3.17. The number of pyridine rings is 1. The summed E-state index contributed by atoms with van der Waals surface area (Å²) in [5, 5.41) is 19.1. The van der Waals surface area contributed by atoms with E-state index in [1.54, 1.807) is 23.8 Å². The van der Waals surface area contributed by atoms with E-state index >= 15 is 0 Å². The molecule has 1 rings (SSSR count). The number of aromatic hydroxyl groups is 1. The average Bonchev–Trinajstić information content (AvgIpc) is 2.39. The fourth-order valence-corrected chi connectivity index (χ4v) is 1.90. The molecule has 1 aromatic heterocycles. The van der Waals surface area contributed by atoms with Crippen LogP contribution >= 0.6 is 0 Å². The van der Waals surface area contributed by atoms with Crippen molar-refractivity contribution in [2.45, 2.75) is 13.2 Å². The number of hydrogen-bond donors (Lipinski definition) is 2. The van der Waals surface area contributed by atoms with E-state index in [9.17, 15) is 15.0 Å². The molecule has 1 aromatic rings. The summed E-state index contributed by atoms with van der Waals surface area (Å²) in [6.45, 7) is 8.71. The van der Waals surface area contributed by atoms with E-state index < -0.39 is 5.43 Å². The van der Waals surface area contributed by atoms with Crippen LogP contribution in [-0.4, -0.2) is 32.8 Å². The maximum absolute atomic E-state index is 11.6. The molecule has 5 heteroatoms. The standard InChI is InChI=1S/C14H20N2O3/c1-4-6-16(7-5-2)9-12-14(19)13(18)8-11(10-17)15(12)3/h4-5,8,17,19H,1-2,6-7,9-10H2,3H3. The van der Waals surface area contributed by atoms with Crippen molar-refractivity contribution in [2.24, 2.45) is 7.05 Å². The molecule has 2 N–H and O–H groups in total. The van der Waals surface area contributed by atoms with Gasteiger partial charge < -0.3 is 14.8 Å². The summed E-state index contributed by atoms with van der Waals surface area (Å²) in [6, 6.07) is 1.24. The normalized spacial score (nSPS) is 10.7. The Morgan fingerprint density at radius 1 is 1.37 bits per heavy atom. The molecule has 0 bridgehead atoms. The molecule has 104 valence electrons. The monoisotopic (exact) mass is 264 g/mol. The second kappa shape index (κ2) is 6.92. The fraction of sp³-hybridized carbons (Fsp3) is 0.357. The lowest BCUT2D eigenvalue weighted by atomic mass is 10.2. The molecule has 0 unspecified atom stereocenters. The first kappa shape index (κ1) is 15.2. The average molecular weight is 264 g/mol. The molecule has 0 saturated carbocycles. The van der Waals surface area contributed by atoms with E-state index in [1.807, 2.05) is 4.90 Å². The van der Waals surface area contributed by atoms with Gasteiger partial charge in [-0.25, -0.2) is 0 Å². The molecule has 0 atom stereocenters. The molecule has 5 nitrogen and oxygen atoms in total. The highest BCUT2D eigenvalue weighted by Crippen LogP contribution is 2.15. The van der Waals surface area contributed by atoms with Gasteiger partial charge in [-0.15, -0.1) is 13.2 Å². The Morgan fingerprint density at radius 3 is 2.42 bits per heavy atom. The van der Waals surface area contributed by atoms with Crippen molar-refractivity contribution in [1.82, 2.24) is 9.47 Å². The molecule has 0 aliphatic carbocycles. The van der Waals surface area contributed by atoms with E-state index in [-0.39, 0.29) is 12.4 Å². The van der Waals surface area contributed by atoms with Crippen LogP contribution < -0.4 is 5.43 Å². The van der Waals surface area contributed by atoms with E-state index in [4.69, 9.17) is 0 Å². The van der Waals surface area contributed by atoms with E-state index in [0.717, 1.165) is 0 Å². The zero-order valence-corrected chi connectivity index (χ0v) is 11.2. The summed E-state index contributed by atoms with van der Waals surface area (Å²) in [7, 11) is 1.71. The third kappa shape index (κ3) is 3.56. The van der Waals surface area contributed by atoms with E-state index in [2.05, 4.69) is 13.2 Å². The minimum atomic E-state index is -0.477. The third-order valence-corrected chi connectivity index (χ3v) is 2.95. The first-order valence-electron chi connectivity index (χ1n) is 6.00. The first-order chi connectivity index (χ1) is 9.04. The molecule has 0 fully saturated rings. The van der Waals surface area contributed by atoms with Crippen molar-refractivity contribution in [3.63, 3.8) is 0 Å². The molecule has 0 aromatic carbocycles. The zero-order valence-electron chi connectivity index (χ0n) is 11.2. The van der Waals surface area contributed by atoms with Gasteiger partial charge in [-0.3, -0.25) is 9.69 Å². The largest absolute Gasteiger partial charge is 0.503 e. The minimum Gasteiger partial charge on any atom is -0.503 e. The van der Waals surface area contributed by atoms with Gasteiger partial charge in [-0.05, 0) is 0 Å². The molecule has 0 amide bonds. The predicted molar refractivity (Wildman–Crippen MR) is 74.9 cm³/mol. The Kier molecular flexibility index (Phi) is 5.54. The topological polar surface area (TPSA) is 65.7 Å². The highest BCUT2D eigenvalue weighted by atomic mass is 16.3. The molecular weight excluding hydrogens is 244 g/mol. The molecule has 0 aliphatic heterocycles. The van der Waals surface area contributed by atoms with Gasteiger partial charge in [-0.2, -0.15) is 0 Å². The number of rotatable bonds is 7. The molecule has 0 aliphatic rings. The Labute approximate surface area is 112 Å². The van der Waals surface area contributed by atoms with Crippen molar-refractivity contribution >= 4 is 0 Å². The summed E-state index contributed by atoms with van der Waals surface area (Å²) in [4.78, 5) is 13.6. The van der Waals surface area contributed by atoms with E-state index in [1.165, 1.54) is 6.07 Å². The van der Waals surface area contributed by atoms with E-state index in [0.29, 0.717) is 31.0 Å². The molecule has 0 spiro atoms. The van der Waals surface area contributed by atoms with Gasteiger partial charge in [0.25, 0.3) is 0 Å². The van der Waals surface area contributed by atoms with Crippen molar-refractivity contribution in [2.75, 3.05) is 13.1 Å². The van der Waals surface area contributed by atoms with Crippen molar-refractivity contribution in [3.05, 3.63) is 53.0 Å². The van der Waals surface area contributed by atoms with Crippen LogP contribution in [0.15, 0.2) is 36.2 Å². The van der Waals surface area contributed by atoms with Gasteiger partial charge in [0.15, 0.2) is 5.75 Å². The van der Waals surface area contributed by atoms with Crippen LogP contribution in [0.25, 0.3) is 0 Å². The maximum Gasteiger partial charge on any atom is 0.223 e. The Morgan fingerprint density at radius 2 is 1.95 bits per heavy atom. The number of aliphatic hydroxyl groups is 1. The lowest BCUT2D eigenvalue weighted by Gasteiger charge is -2.22. The molecule has 0 saturated heterocycles. The second-order valence-corrected chi connectivity index (χ2v) is 4.28. The quantitative estimate of drug-likeness (QED) is 0.714. The maximum atomic E-state index is 11.6. The fourth-order valence-electron chi connectivity index (χ4n) is 1.90. The van der Waals surface area contributed by atoms with Gasteiger partial charge >= 0.3 is 0 Å². The number of aliphatic hydroxyl groups excluding tert-OH is 1. The lowest BCUT2D eigenvalue weighted by molar-refractivity contribution is 0.265. The van der Waals surface area contributed by atoms with Crippen molar-refractivity contribution < 1.29 is 10.2 Å². The third-order valence-electron chi connectivity index (χ3n) is 2.95. The number of hydrogen-bond acceptors (Lipinski definition) is 4. The summed E-state index contributed by atoms with van der Waals surface area (Å²) >= 11 is 0. The number of aromatic nitrogens is 1. The number of nitrogens with zero attached hydrogens (tertiary/aromatic N) is 2. The van der Waals surface area contributed by atoms with Crippen LogP contribution in [-0.2, 0) is 20.2 Å². The smallest absolute Gasteiger partial charge is 0.223 e. The minimum absolute atomic E-state index is 0.248. The van der Waals surface area contributed by atoms with Crippen LogP contribution in [0, 0.1) is 0 Å². The van der Waals surface area contributed by atoms with Gasteiger partial charge in [-0.1, -0.05) is 12.2 Å². The summed E-state index contributed by atoms with van der Waals surface area (Å²) in [5.41, 5.74) is 0.463. The van der Waals surface area contributed by atoms with Gasteiger partial charge in [0.2, 0.25) is 5.43 Å². The van der Waals surface area contributed by atoms with Crippen LogP contribution in [0.5, 0.6) is 5.75 Å². The molecule has 0 radical (unpaired) electrons. The zero-order chi connectivity index (χ0) is 14.4. The summed E-state index contributed by atoms with van der Waals surface area (Å²) in [5.74, 6) is -0.280.